The first-order valence-corrected chi connectivity index (χ1v) is 6.18. The van der Waals surface area contributed by atoms with Crippen molar-refractivity contribution in [2.75, 3.05) is 17.2 Å². The molecule has 0 aliphatic carbocycles. The molecule has 0 saturated carbocycles. The molecule has 0 aliphatic heterocycles. The second-order valence-corrected chi connectivity index (χ2v) is 4.24. The minimum Gasteiger partial charge on any atom is -0.385 e. The zero-order chi connectivity index (χ0) is 14.4. The van der Waals surface area contributed by atoms with Crippen LogP contribution < -0.4 is 10.6 Å². The number of carbonyl (C=O) groups is 1. The maximum absolute atomic E-state index is 12.7. The summed E-state index contributed by atoms with van der Waals surface area (Å²) in [5.41, 5.74) is 1.30. The van der Waals surface area contributed by atoms with E-state index in [0.717, 1.165) is 5.69 Å². The van der Waals surface area contributed by atoms with Gasteiger partial charge < -0.3 is 10.6 Å². The average Bonchev–Trinajstić information content (AvgIpc) is 2.44. The molecule has 0 bridgehead atoms. The molecule has 0 radical (unpaired) electrons. The maximum atomic E-state index is 12.7. The fraction of sp³-hybridized carbons (Fsp3) is 0.133. The summed E-state index contributed by atoms with van der Waals surface area (Å²) in [6, 6.07) is 11.5. The van der Waals surface area contributed by atoms with Crippen molar-refractivity contribution in [2.45, 2.75) is 6.42 Å². The van der Waals surface area contributed by atoms with Crippen molar-refractivity contribution in [1.82, 2.24) is 0 Å². The van der Waals surface area contributed by atoms with Crippen LogP contribution in [0.15, 0.2) is 48.5 Å². The zero-order valence-corrected chi connectivity index (χ0v) is 10.7. The normalized spacial score (nSPS) is 10.1. The van der Waals surface area contributed by atoms with Crippen molar-refractivity contribution in [3.05, 3.63) is 60.2 Å². The zero-order valence-electron chi connectivity index (χ0n) is 10.7. The number of benzene rings is 2. The Hall–Kier alpha value is -2.43. The largest absolute Gasteiger partial charge is 0.385 e. The van der Waals surface area contributed by atoms with E-state index < -0.39 is 0 Å². The van der Waals surface area contributed by atoms with Crippen LogP contribution in [0.2, 0.25) is 0 Å². The Labute approximate surface area is 115 Å². The van der Waals surface area contributed by atoms with Crippen LogP contribution in [-0.2, 0) is 4.79 Å². The van der Waals surface area contributed by atoms with Gasteiger partial charge in [-0.3, -0.25) is 4.79 Å². The van der Waals surface area contributed by atoms with E-state index in [9.17, 15) is 13.6 Å². The molecule has 0 spiro atoms. The van der Waals surface area contributed by atoms with Gasteiger partial charge in [0, 0.05) is 24.3 Å². The molecule has 0 saturated heterocycles. The van der Waals surface area contributed by atoms with Crippen LogP contribution in [0.5, 0.6) is 0 Å². The molecule has 0 aromatic heterocycles. The van der Waals surface area contributed by atoms with E-state index >= 15 is 0 Å². The number of carbonyl (C=O) groups excluding carboxylic acids is 1. The maximum Gasteiger partial charge on any atom is 0.226 e. The number of amides is 1. The average molecular weight is 276 g/mol. The van der Waals surface area contributed by atoms with Crippen LogP contribution in [0, 0.1) is 11.6 Å². The second-order valence-electron chi connectivity index (χ2n) is 4.24. The number of nitrogens with one attached hydrogen (secondary N) is 2. The van der Waals surface area contributed by atoms with E-state index in [-0.39, 0.29) is 24.0 Å². The summed E-state index contributed by atoms with van der Waals surface area (Å²) in [6.07, 6.45) is 0.259. The van der Waals surface area contributed by atoms with Crippen LogP contribution in [-0.4, -0.2) is 12.5 Å². The topological polar surface area (TPSA) is 41.1 Å². The SMILES string of the molecule is O=C(CCNc1ccc(F)cc1)Nc1ccc(F)cc1. The molecule has 0 atom stereocenters. The van der Waals surface area contributed by atoms with Gasteiger partial charge in [-0.15, -0.1) is 0 Å². The lowest BCUT2D eigenvalue weighted by molar-refractivity contribution is -0.115. The quantitative estimate of drug-likeness (QED) is 0.878. The summed E-state index contributed by atoms with van der Waals surface area (Å²) in [6.45, 7) is 0.429. The highest BCUT2D eigenvalue weighted by Gasteiger charge is 2.02. The molecule has 2 aromatic rings. The van der Waals surface area contributed by atoms with E-state index in [4.69, 9.17) is 0 Å². The molecular formula is C15H14F2N2O. The van der Waals surface area contributed by atoms with E-state index in [2.05, 4.69) is 10.6 Å². The molecule has 1 amide bonds. The summed E-state index contributed by atoms with van der Waals surface area (Å²) in [4.78, 5) is 11.6. The van der Waals surface area contributed by atoms with E-state index in [1.54, 1.807) is 12.1 Å². The Balaban J connectivity index is 1.75. The molecule has 2 N–H and O–H groups in total. The lowest BCUT2D eigenvalue weighted by Gasteiger charge is -2.07. The molecule has 5 heteroatoms. The Morgan fingerprint density at radius 2 is 1.35 bits per heavy atom. The van der Waals surface area contributed by atoms with Crippen LogP contribution in [0.4, 0.5) is 20.2 Å². The molecule has 2 aromatic carbocycles. The Morgan fingerprint density at radius 3 is 1.90 bits per heavy atom. The van der Waals surface area contributed by atoms with Gasteiger partial charge in [0.25, 0.3) is 0 Å². The molecule has 20 heavy (non-hydrogen) atoms. The van der Waals surface area contributed by atoms with Crippen molar-refractivity contribution in [3.63, 3.8) is 0 Å². The number of rotatable bonds is 5. The van der Waals surface area contributed by atoms with Gasteiger partial charge in [-0.25, -0.2) is 8.78 Å². The monoisotopic (exact) mass is 276 g/mol. The molecule has 3 nitrogen and oxygen atoms in total. The van der Waals surface area contributed by atoms with Gasteiger partial charge in [0.15, 0.2) is 0 Å². The van der Waals surface area contributed by atoms with Crippen LogP contribution >= 0.6 is 0 Å². The molecule has 0 fully saturated rings. The Kier molecular flexibility index (Phi) is 4.65. The van der Waals surface area contributed by atoms with E-state index in [0.29, 0.717) is 12.2 Å². The highest BCUT2D eigenvalue weighted by Crippen LogP contribution is 2.10. The predicted molar refractivity (Wildman–Crippen MR) is 74.5 cm³/mol. The van der Waals surface area contributed by atoms with Gasteiger partial charge in [-0.05, 0) is 48.5 Å². The minimum absolute atomic E-state index is 0.175. The van der Waals surface area contributed by atoms with Crippen molar-refractivity contribution in [3.8, 4) is 0 Å². The Morgan fingerprint density at radius 1 is 0.850 bits per heavy atom. The molecule has 0 aliphatic rings. The fourth-order valence-electron chi connectivity index (χ4n) is 1.64. The van der Waals surface area contributed by atoms with Crippen molar-refractivity contribution in [1.29, 1.82) is 0 Å². The molecule has 104 valence electrons. The summed E-state index contributed by atoms with van der Waals surface area (Å²) >= 11 is 0. The summed E-state index contributed by atoms with van der Waals surface area (Å²) in [5.74, 6) is -0.822. The Bertz CT molecular complexity index is 567. The number of anilines is 2. The lowest BCUT2D eigenvalue weighted by atomic mass is 10.3. The molecule has 2 rings (SSSR count). The standard InChI is InChI=1S/C15H14F2N2O/c16-11-1-5-13(6-2-11)18-10-9-15(20)19-14-7-3-12(17)4-8-14/h1-8,18H,9-10H2,(H,19,20). The van der Waals surface area contributed by atoms with Gasteiger partial charge in [-0.1, -0.05) is 0 Å². The predicted octanol–water partition coefficient (Wildman–Crippen LogP) is 3.41. The summed E-state index contributed by atoms with van der Waals surface area (Å²) in [7, 11) is 0. The number of halogens is 2. The summed E-state index contributed by atoms with van der Waals surface area (Å²) in [5, 5.41) is 5.67. The van der Waals surface area contributed by atoms with Gasteiger partial charge in [0.1, 0.15) is 11.6 Å². The minimum atomic E-state index is -0.346. The first-order chi connectivity index (χ1) is 9.63. The third kappa shape index (κ3) is 4.35. The third-order valence-corrected chi connectivity index (χ3v) is 2.65. The highest BCUT2D eigenvalue weighted by atomic mass is 19.1. The van der Waals surface area contributed by atoms with Crippen LogP contribution in [0.3, 0.4) is 0 Å². The van der Waals surface area contributed by atoms with Crippen LogP contribution in [0.25, 0.3) is 0 Å². The smallest absolute Gasteiger partial charge is 0.226 e. The van der Waals surface area contributed by atoms with Crippen LogP contribution in [0.1, 0.15) is 6.42 Å². The van der Waals surface area contributed by atoms with Crippen molar-refractivity contribution in [2.24, 2.45) is 0 Å². The molecule has 0 heterocycles. The first-order valence-electron chi connectivity index (χ1n) is 6.18. The molecular weight excluding hydrogens is 262 g/mol. The number of hydrogen-bond donors (Lipinski definition) is 2. The van der Waals surface area contributed by atoms with Crippen molar-refractivity contribution >= 4 is 17.3 Å². The third-order valence-electron chi connectivity index (χ3n) is 2.65. The van der Waals surface area contributed by atoms with Gasteiger partial charge in [0.2, 0.25) is 5.91 Å². The second kappa shape index (κ2) is 6.65. The van der Waals surface area contributed by atoms with Crippen molar-refractivity contribution < 1.29 is 13.6 Å². The van der Waals surface area contributed by atoms with E-state index in [1.165, 1.54) is 36.4 Å². The molecule has 0 unspecified atom stereocenters. The van der Waals surface area contributed by atoms with E-state index in [1.807, 2.05) is 0 Å². The highest BCUT2D eigenvalue weighted by molar-refractivity contribution is 5.90. The first kappa shape index (κ1) is 14.0. The lowest BCUT2D eigenvalue weighted by Crippen LogP contribution is -2.16. The fourth-order valence-corrected chi connectivity index (χ4v) is 1.64. The number of hydrogen-bond acceptors (Lipinski definition) is 2. The van der Waals surface area contributed by atoms with Gasteiger partial charge in [-0.2, -0.15) is 0 Å². The van der Waals surface area contributed by atoms with Gasteiger partial charge in [0.05, 0.1) is 0 Å². The van der Waals surface area contributed by atoms with Gasteiger partial charge >= 0.3 is 0 Å². The summed E-state index contributed by atoms with van der Waals surface area (Å²) < 4.78 is 25.4.